The summed E-state index contributed by atoms with van der Waals surface area (Å²) >= 11 is 0. The third-order valence-electron chi connectivity index (χ3n) is 3.64. The Balaban J connectivity index is 2.06. The summed E-state index contributed by atoms with van der Waals surface area (Å²) < 4.78 is 5.41. The van der Waals surface area contributed by atoms with Crippen molar-refractivity contribution < 1.29 is 9.84 Å². The highest BCUT2D eigenvalue weighted by atomic mass is 16.5. The van der Waals surface area contributed by atoms with E-state index in [1.165, 1.54) is 11.1 Å². The van der Waals surface area contributed by atoms with Crippen LogP contribution >= 0.6 is 0 Å². The van der Waals surface area contributed by atoms with Gasteiger partial charge in [0, 0.05) is 18.2 Å². The van der Waals surface area contributed by atoms with Gasteiger partial charge in [0.2, 0.25) is 0 Å². The Morgan fingerprint density at radius 2 is 1.90 bits per heavy atom. The van der Waals surface area contributed by atoms with Crippen molar-refractivity contribution >= 4 is 0 Å². The minimum atomic E-state index is 0.223. The fourth-order valence-corrected chi connectivity index (χ4v) is 2.43. The molecule has 2 aromatic carbocycles. The van der Waals surface area contributed by atoms with Gasteiger partial charge in [0.25, 0.3) is 0 Å². The summed E-state index contributed by atoms with van der Waals surface area (Å²) in [4.78, 5) is 0. The van der Waals surface area contributed by atoms with Gasteiger partial charge >= 0.3 is 0 Å². The van der Waals surface area contributed by atoms with Gasteiger partial charge in [-0.2, -0.15) is 0 Å². The van der Waals surface area contributed by atoms with Gasteiger partial charge in [-0.1, -0.05) is 36.4 Å². The van der Waals surface area contributed by atoms with Gasteiger partial charge in [-0.05, 0) is 38.0 Å². The molecule has 1 atom stereocenters. The second-order valence-electron chi connectivity index (χ2n) is 5.16. The lowest BCUT2D eigenvalue weighted by atomic mass is 10.0. The maximum atomic E-state index is 10.2. The highest BCUT2D eigenvalue weighted by molar-refractivity contribution is 5.45. The number of hydrogen-bond acceptors (Lipinski definition) is 3. The zero-order chi connectivity index (χ0) is 15.2. The molecule has 0 aromatic heterocycles. The number of aryl methyl sites for hydroxylation is 1. The minimum Gasteiger partial charge on any atom is -0.504 e. The van der Waals surface area contributed by atoms with E-state index < -0.39 is 0 Å². The number of rotatable bonds is 6. The first kappa shape index (κ1) is 15.4. The van der Waals surface area contributed by atoms with Crippen molar-refractivity contribution in [1.82, 2.24) is 5.32 Å². The summed E-state index contributed by atoms with van der Waals surface area (Å²) in [5.41, 5.74) is 3.39. The van der Waals surface area contributed by atoms with Crippen LogP contribution in [0.5, 0.6) is 11.5 Å². The number of aromatic hydroxyl groups is 1. The minimum absolute atomic E-state index is 0.223. The summed E-state index contributed by atoms with van der Waals surface area (Å²) in [6.07, 6.45) is 0. The van der Waals surface area contributed by atoms with Crippen LogP contribution in [0.3, 0.4) is 0 Å². The van der Waals surface area contributed by atoms with E-state index in [0.717, 1.165) is 5.56 Å². The van der Waals surface area contributed by atoms with Crippen molar-refractivity contribution in [2.24, 2.45) is 0 Å². The molecule has 0 aliphatic rings. The summed E-state index contributed by atoms with van der Waals surface area (Å²) in [6.45, 7) is 7.30. The molecule has 0 fully saturated rings. The van der Waals surface area contributed by atoms with Crippen LogP contribution in [0.25, 0.3) is 0 Å². The topological polar surface area (TPSA) is 41.5 Å². The molecule has 3 nitrogen and oxygen atoms in total. The van der Waals surface area contributed by atoms with Crippen molar-refractivity contribution in [3.63, 3.8) is 0 Å². The predicted molar refractivity (Wildman–Crippen MR) is 85.7 cm³/mol. The third-order valence-corrected chi connectivity index (χ3v) is 3.64. The molecule has 0 bridgehead atoms. The van der Waals surface area contributed by atoms with Crippen molar-refractivity contribution in [2.75, 3.05) is 6.61 Å². The standard InChI is InChI=1S/C18H23NO2/c1-4-21-17-11-7-9-15(18(17)20)12-19-14(3)16-10-6-5-8-13(16)2/h5-11,14,19-20H,4,12H2,1-3H3/t14-/m1/s1. The van der Waals surface area contributed by atoms with Crippen LogP contribution in [-0.4, -0.2) is 11.7 Å². The van der Waals surface area contributed by atoms with E-state index in [1.807, 2.05) is 31.2 Å². The first-order valence-corrected chi connectivity index (χ1v) is 7.36. The number of hydrogen-bond donors (Lipinski definition) is 2. The summed E-state index contributed by atoms with van der Waals surface area (Å²) in [6, 6.07) is 14.2. The summed E-state index contributed by atoms with van der Waals surface area (Å²) in [7, 11) is 0. The van der Waals surface area contributed by atoms with Gasteiger partial charge in [-0.15, -0.1) is 0 Å². The van der Waals surface area contributed by atoms with E-state index in [2.05, 4.69) is 31.3 Å². The number of phenolic OH excluding ortho intramolecular Hbond substituents is 1. The largest absolute Gasteiger partial charge is 0.504 e. The molecule has 0 saturated carbocycles. The van der Waals surface area contributed by atoms with Crippen molar-refractivity contribution in [3.05, 3.63) is 59.2 Å². The molecular weight excluding hydrogens is 262 g/mol. The Bertz CT molecular complexity index is 596. The maximum Gasteiger partial charge on any atom is 0.162 e. The number of ether oxygens (including phenoxy) is 1. The van der Waals surface area contributed by atoms with Gasteiger partial charge in [0.15, 0.2) is 11.5 Å². The maximum absolute atomic E-state index is 10.2. The molecule has 21 heavy (non-hydrogen) atoms. The molecular formula is C18H23NO2. The Morgan fingerprint density at radius 1 is 1.14 bits per heavy atom. The van der Waals surface area contributed by atoms with Crippen LogP contribution in [-0.2, 0) is 6.54 Å². The van der Waals surface area contributed by atoms with Gasteiger partial charge in [-0.25, -0.2) is 0 Å². The van der Waals surface area contributed by atoms with E-state index in [0.29, 0.717) is 18.9 Å². The third kappa shape index (κ3) is 3.76. The zero-order valence-electron chi connectivity index (χ0n) is 12.9. The number of nitrogens with one attached hydrogen (secondary N) is 1. The van der Waals surface area contributed by atoms with Crippen LogP contribution in [0.15, 0.2) is 42.5 Å². The first-order valence-electron chi connectivity index (χ1n) is 7.36. The van der Waals surface area contributed by atoms with Crippen molar-refractivity contribution in [1.29, 1.82) is 0 Å². The average molecular weight is 285 g/mol. The number of benzene rings is 2. The molecule has 0 spiro atoms. The average Bonchev–Trinajstić information content (AvgIpc) is 2.48. The van der Waals surface area contributed by atoms with Gasteiger partial charge in [0.05, 0.1) is 6.61 Å². The molecule has 0 heterocycles. The van der Waals surface area contributed by atoms with Gasteiger partial charge < -0.3 is 15.2 Å². The normalized spacial score (nSPS) is 12.1. The molecule has 112 valence electrons. The number of phenols is 1. The van der Waals surface area contributed by atoms with Crippen LogP contribution in [0.1, 0.15) is 36.6 Å². The molecule has 0 aliphatic heterocycles. The molecule has 3 heteroatoms. The van der Waals surface area contributed by atoms with Crippen molar-refractivity contribution in [2.45, 2.75) is 33.4 Å². The Hall–Kier alpha value is -2.00. The second-order valence-corrected chi connectivity index (χ2v) is 5.16. The van der Waals surface area contributed by atoms with E-state index >= 15 is 0 Å². The smallest absolute Gasteiger partial charge is 0.162 e. The molecule has 0 unspecified atom stereocenters. The lowest BCUT2D eigenvalue weighted by molar-refractivity contribution is 0.316. The number of para-hydroxylation sites is 1. The lowest BCUT2D eigenvalue weighted by Gasteiger charge is -2.17. The fourth-order valence-electron chi connectivity index (χ4n) is 2.43. The van der Waals surface area contributed by atoms with E-state index in [4.69, 9.17) is 4.74 Å². The van der Waals surface area contributed by atoms with Crippen LogP contribution in [0.4, 0.5) is 0 Å². The van der Waals surface area contributed by atoms with Crippen LogP contribution in [0.2, 0.25) is 0 Å². The highest BCUT2D eigenvalue weighted by Crippen LogP contribution is 2.30. The first-order chi connectivity index (χ1) is 10.1. The Kier molecular flexibility index (Phi) is 5.23. The van der Waals surface area contributed by atoms with E-state index in [1.54, 1.807) is 6.07 Å². The van der Waals surface area contributed by atoms with E-state index in [-0.39, 0.29) is 11.8 Å². The van der Waals surface area contributed by atoms with Gasteiger partial charge in [-0.3, -0.25) is 0 Å². The van der Waals surface area contributed by atoms with E-state index in [9.17, 15) is 5.11 Å². The SMILES string of the molecule is CCOc1cccc(CN[C@H](C)c2ccccc2C)c1O. The zero-order valence-corrected chi connectivity index (χ0v) is 12.9. The van der Waals surface area contributed by atoms with Crippen LogP contribution < -0.4 is 10.1 Å². The molecule has 0 aliphatic carbocycles. The van der Waals surface area contributed by atoms with Crippen molar-refractivity contribution in [3.8, 4) is 11.5 Å². The monoisotopic (exact) mass is 285 g/mol. The fraction of sp³-hybridized carbons (Fsp3) is 0.333. The Labute approximate surface area is 126 Å². The predicted octanol–water partition coefficient (Wildman–Crippen LogP) is 3.95. The van der Waals surface area contributed by atoms with Gasteiger partial charge in [0.1, 0.15) is 0 Å². The highest BCUT2D eigenvalue weighted by Gasteiger charge is 2.11. The molecule has 2 aromatic rings. The lowest BCUT2D eigenvalue weighted by Crippen LogP contribution is -2.19. The van der Waals surface area contributed by atoms with Crippen LogP contribution in [0, 0.1) is 6.92 Å². The summed E-state index contributed by atoms with van der Waals surface area (Å²) in [5, 5.41) is 13.6. The molecule has 0 radical (unpaired) electrons. The molecule has 0 saturated heterocycles. The molecule has 2 rings (SSSR count). The molecule has 0 amide bonds. The molecule has 2 N–H and O–H groups in total. The Morgan fingerprint density at radius 3 is 2.62 bits per heavy atom. The quantitative estimate of drug-likeness (QED) is 0.844. The summed E-state index contributed by atoms with van der Waals surface area (Å²) in [5.74, 6) is 0.768. The second kappa shape index (κ2) is 7.14.